The van der Waals surface area contributed by atoms with Crippen LogP contribution in [0.25, 0.3) is 0 Å². The number of aromatic nitrogens is 1. The maximum Gasteiger partial charge on any atom is 0.261 e. The van der Waals surface area contributed by atoms with Gasteiger partial charge in [0.15, 0.2) is 5.13 Å². The van der Waals surface area contributed by atoms with Crippen molar-refractivity contribution in [2.24, 2.45) is 0 Å². The first-order valence-electron chi connectivity index (χ1n) is 9.10. The van der Waals surface area contributed by atoms with Crippen LogP contribution in [0.2, 0.25) is 0 Å². The minimum atomic E-state index is -0.423. The van der Waals surface area contributed by atoms with E-state index in [0.717, 1.165) is 4.90 Å². The number of hydrogen-bond acceptors (Lipinski definition) is 6. The van der Waals surface area contributed by atoms with E-state index in [4.69, 9.17) is 0 Å². The molecule has 30 heavy (non-hydrogen) atoms. The molecule has 1 aliphatic heterocycles. The number of carbonyl (C=O) groups is 4. The van der Waals surface area contributed by atoms with Crippen molar-refractivity contribution in [2.75, 3.05) is 17.2 Å². The molecule has 0 saturated carbocycles. The van der Waals surface area contributed by atoms with Crippen molar-refractivity contribution < 1.29 is 19.2 Å². The minimum absolute atomic E-state index is 0.226. The molecular formula is C21H16N4O4S. The first-order valence-corrected chi connectivity index (χ1v) is 9.98. The lowest BCUT2D eigenvalue weighted by Crippen LogP contribution is -2.29. The van der Waals surface area contributed by atoms with E-state index in [9.17, 15) is 19.2 Å². The second kappa shape index (κ2) is 7.88. The summed E-state index contributed by atoms with van der Waals surface area (Å²) in [5.74, 6) is -1.48. The summed E-state index contributed by atoms with van der Waals surface area (Å²) < 4.78 is 0. The fourth-order valence-corrected chi connectivity index (χ4v) is 3.61. The summed E-state index contributed by atoms with van der Waals surface area (Å²) in [4.78, 5) is 54.4. The highest BCUT2D eigenvalue weighted by atomic mass is 32.1. The van der Waals surface area contributed by atoms with E-state index in [1.807, 2.05) is 0 Å². The highest BCUT2D eigenvalue weighted by molar-refractivity contribution is 7.13. The number of thiazole rings is 1. The van der Waals surface area contributed by atoms with Gasteiger partial charge in [0.1, 0.15) is 0 Å². The summed E-state index contributed by atoms with van der Waals surface area (Å²) in [7, 11) is 0. The molecule has 9 heteroatoms. The van der Waals surface area contributed by atoms with Crippen LogP contribution in [0.4, 0.5) is 10.8 Å². The van der Waals surface area contributed by atoms with Gasteiger partial charge in [-0.2, -0.15) is 0 Å². The first kappa shape index (κ1) is 19.5. The zero-order valence-electron chi connectivity index (χ0n) is 15.8. The van der Waals surface area contributed by atoms with E-state index < -0.39 is 11.8 Å². The van der Waals surface area contributed by atoms with E-state index in [-0.39, 0.29) is 29.5 Å². The summed E-state index contributed by atoms with van der Waals surface area (Å²) >= 11 is 1.32. The molecule has 150 valence electrons. The molecule has 0 aliphatic carbocycles. The number of imide groups is 1. The van der Waals surface area contributed by atoms with Crippen LogP contribution >= 0.6 is 11.3 Å². The number of benzene rings is 2. The third-order valence-electron chi connectivity index (χ3n) is 4.61. The van der Waals surface area contributed by atoms with Crippen LogP contribution in [-0.4, -0.2) is 40.1 Å². The van der Waals surface area contributed by atoms with Crippen molar-refractivity contribution in [1.29, 1.82) is 0 Å². The Morgan fingerprint density at radius 1 is 0.933 bits per heavy atom. The zero-order valence-corrected chi connectivity index (χ0v) is 16.7. The third-order valence-corrected chi connectivity index (χ3v) is 5.30. The van der Waals surface area contributed by atoms with Gasteiger partial charge in [-0.1, -0.05) is 0 Å². The Morgan fingerprint density at radius 3 is 2.27 bits per heavy atom. The van der Waals surface area contributed by atoms with Gasteiger partial charge in [-0.15, -0.1) is 11.3 Å². The SMILES string of the molecule is CCN1C(=O)c2ccc(C(=O)Nc3ccc(C(=O)Nc4nccs4)cc3)cc2C1=O. The standard InChI is InChI=1S/C21H16N4O4S/c1-2-25-19(28)15-8-5-13(11-16(15)20(25)29)18(27)23-14-6-3-12(4-7-14)17(26)24-21-22-9-10-30-21/h3-11H,2H2,1H3,(H,23,27)(H,22,24,26). The molecule has 0 atom stereocenters. The summed E-state index contributed by atoms with van der Waals surface area (Å²) in [6, 6.07) is 10.8. The summed E-state index contributed by atoms with van der Waals surface area (Å²) in [6.45, 7) is 1.99. The number of nitrogens with zero attached hydrogens (tertiary/aromatic N) is 2. The second-order valence-electron chi connectivity index (χ2n) is 6.44. The Bertz CT molecular complexity index is 1160. The van der Waals surface area contributed by atoms with Gasteiger partial charge in [-0.05, 0) is 49.4 Å². The number of hydrogen-bond donors (Lipinski definition) is 2. The predicted octanol–water partition coefficient (Wildman–Crippen LogP) is 3.26. The zero-order chi connectivity index (χ0) is 21.3. The quantitative estimate of drug-likeness (QED) is 0.616. The Morgan fingerprint density at radius 2 is 1.60 bits per heavy atom. The highest BCUT2D eigenvalue weighted by Gasteiger charge is 2.34. The molecule has 0 unspecified atom stereocenters. The third kappa shape index (κ3) is 3.58. The number of rotatable bonds is 5. The predicted molar refractivity (Wildman–Crippen MR) is 112 cm³/mol. The monoisotopic (exact) mass is 420 g/mol. The van der Waals surface area contributed by atoms with Crippen molar-refractivity contribution in [1.82, 2.24) is 9.88 Å². The molecule has 4 amide bonds. The largest absolute Gasteiger partial charge is 0.322 e. The maximum atomic E-state index is 12.6. The van der Waals surface area contributed by atoms with Crippen molar-refractivity contribution in [3.05, 3.63) is 76.3 Å². The van der Waals surface area contributed by atoms with Crippen molar-refractivity contribution in [3.63, 3.8) is 0 Å². The molecule has 2 N–H and O–H groups in total. The number of nitrogens with one attached hydrogen (secondary N) is 2. The molecule has 0 saturated heterocycles. The van der Waals surface area contributed by atoms with Gasteiger partial charge < -0.3 is 5.32 Å². The molecule has 3 aromatic rings. The van der Waals surface area contributed by atoms with E-state index in [0.29, 0.717) is 21.9 Å². The van der Waals surface area contributed by atoms with Gasteiger partial charge in [0, 0.05) is 34.9 Å². The van der Waals surface area contributed by atoms with Gasteiger partial charge >= 0.3 is 0 Å². The van der Waals surface area contributed by atoms with Gasteiger partial charge in [0.25, 0.3) is 23.6 Å². The first-order chi connectivity index (χ1) is 14.5. The molecule has 2 aromatic carbocycles. The molecule has 0 bridgehead atoms. The fourth-order valence-electron chi connectivity index (χ4n) is 3.08. The van der Waals surface area contributed by atoms with Gasteiger partial charge in [-0.25, -0.2) is 4.98 Å². The van der Waals surface area contributed by atoms with E-state index in [1.165, 1.54) is 29.5 Å². The molecular weight excluding hydrogens is 404 g/mol. The molecule has 1 aliphatic rings. The lowest BCUT2D eigenvalue weighted by molar-refractivity contribution is 0.0662. The average molecular weight is 420 g/mol. The Kier molecular flexibility index (Phi) is 5.11. The van der Waals surface area contributed by atoms with E-state index in [2.05, 4.69) is 15.6 Å². The normalized spacial score (nSPS) is 12.6. The van der Waals surface area contributed by atoms with Crippen molar-refractivity contribution >= 4 is 45.8 Å². The van der Waals surface area contributed by atoms with Crippen LogP contribution in [0.1, 0.15) is 48.4 Å². The van der Waals surface area contributed by atoms with Crippen LogP contribution in [0, 0.1) is 0 Å². The molecule has 0 radical (unpaired) electrons. The topological polar surface area (TPSA) is 108 Å². The number of anilines is 2. The molecule has 8 nitrogen and oxygen atoms in total. The maximum absolute atomic E-state index is 12.6. The minimum Gasteiger partial charge on any atom is -0.322 e. The van der Waals surface area contributed by atoms with Gasteiger partial charge in [-0.3, -0.25) is 29.4 Å². The summed E-state index contributed by atoms with van der Waals surface area (Å²) in [6.07, 6.45) is 1.60. The smallest absolute Gasteiger partial charge is 0.261 e. The molecule has 2 heterocycles. The Balaban J connectivity index is 1.46. The van der Waals surface area contributed by atoms with Crippen LogP contribution in [0.15, 0.2) is 54.0 Å². The van der Waals surface area contributed by atoms with Crippen LogP contribution in [0.3, 0.4) is 0 Å². The molecule has 4 rings (SSSR count). The van der Waals surface area contributed by atoms with Crippen molar-refractivity contribution in [3.8, 4) is 0 Å². The van der Waals surface area contributed by atoms with Gasteiger partial charge in [0.05, 0.1) is 11.1 Å². The number of amides is 4. The Hall–Kier alpha value is -3.85. The van der Waals surface area contributed by atoms with E-state index in [1.54, 1.807) is 42.8 Å². The van der Waals surface area contributed by atoms with E-state index >= 15 is 0 Å². The highest BCUT2D eigenvalue weighted by Crippen LogP contribution is 2.24. The van der Waals surface area contributed by atoms with Crippen LogP contribution in [-0.2, 0) is 0 Å². The Labute approximate surface area is 175 Å². The van der Waals surface area contributed by atoms with Crippen molar-refractivity contribution in [2.45, 2.75) is 6.92 Å². The molecule has 1 aromatic heterocycles. The number of fused-ring (bicyclic) bond motifs is 1. The fraction of sp³-hybridized carbons (Fsp3) is 0.0952. The number of carbonyl (C=O) groups excluding carboxylic acids is 4. The second-order valence-corrected chi connectivity index (χ2v) is 7.33. The summed E-state index contributed by atoms with van der Waals surface area (Å²) in [5.41, 5.74) is 1.70. The van der Waals surface area contributed by atoms with Crippen LogP contribution < -0.4 is 10.6 Å². The van der Waals surface area contributed by atoms with Crippen LogP contribution in [0.5, 0.6) is 0 Å². The molecule has 0 spiro atoms. The average Bonchev–Trinajstić information content (AvgIpc) is 3.34. The van der Waals surface area contributed by atoms with Gasteiger partial charge in [0.2, 0.25) is 0 Å². The lowest BCUT2D eigenvalue weighted by Gasteiger charge is -2.08. The summed E-state index contributed by atoms with van der Waals surface area (Å²) in [5, 5.41) is 7.67. The molecule has 0 fully saturated rings. The lowest BCUT2D eigenvalue weighted by atomic mass is 10.1.